The van der Waals surface area contributed by atoms with Gasteiger partial charge in [0, 0.05) is 31.9 Å². The minimum atomic E-state index is 0.681. The van der Waals surface area contributed by atoms with E-state index in [2.05, 4.69) is 30.7 Å². The van der Waals surface area contributed by atoms with Crippen molar-refractivity contribution in [1.29, 1.82) is 0 Å². The summed E-state index contributed by atoms with van der Waals surface area (Å²) < 4.78 is 0.997. The van der Waals surface area contributed by atoms with Gasteiger partial charge in [-0.3, -0.25) is 4.90 Å². The third kappa shape index (κ3) is 2.30. The Balaban J connectivity index is 1.80. The van der Waals surface area contributed by atoms with E-state index in [9.17, 15) is 0 Å². The summed E-state index contributed by atoms with van der Waals surface area (Å²) in [5.74, 6) is 1.03. The van der Waals surface area contributed by atoms with Crippen LogP contribution < -0.4 is 4.90 Å². The third-order valence-electron chi connectivity index (χ3n) is 3.68. The van der Waals surface area contributed by atoms with Gasteiger partial charge in [-0.2, -0.15) is 0 Å². The lowest BCUT2D eigenvalue weighted by atomic mass is 10.1. The Bertz CT molecular complexity index is 426. The van der Waals surface area contributed by atoms with Crippen molar-refractivity contribution < 1.29 is 0 Å². The Hall–Kier alpha value is -0.320. The van der Waals surface area contributed by atoms with E-state index in [-0.39, 0.29) is 0 Å². The second-order valence-corrected chi connectivity index (χ2v) is 6.03. The fourth-order valence-corrected chi connectivity index (χ4v) is 3.71. The molecule has 5 heteroatoms. The summed E-state index contributed by atoms with van der Waals surface area (Å²) in [4.78, 5) is 9.41. The number of nitrogens with zero attached hydrogens (tertiary/aromatic N) is 3. The summed E-state index contributed by atoms with van der Waals surface area (Å²) in [6, 6.07) is 2.64. The molecular weight excluding hydrogens is 302 g/mol. The van der Waals surface area contributed by atoms with Crippen LogP contribution in [0, 0.1) is 0 Å². The zero-order chi connectivity index (χ0) is 11.8. The van der Waals surface area contributed by atoms with Crippen molar-refractivity contribution in [2.45, 2.75) is 18.9 Å². The summed E-state index contributed by atoms with van der Waals surface area (Å²) in [5.41, 5.74) is 0. The normalized spacial score (nSPS) is 25.1. The Morgan fingerprint density at radius 3 is 3.06 bits per heavy atom. The maximum absolute atomic E-state index is 5.93. The van der Waals surface area contributed by atoms with Gasteiger partial charge in [0.15, 0.2) is 0 Å². The van der Waals surface area contributed by atoms with Crippen molar-refractivity contribution >= 4 is 33.3 Å². The van der Waals surface area contributed by atoms with Gasteiger partial charge in [0.2, 0.25) is 0 Å². The van der Waals surface area contributed by atoms with E-state index in [0.717, 1.165) is 29.9 Å². The highest BCUT2D eigenvalue weighted by molar-refractivity contribution is 9.10. The zero-order valence-electron chi connectivity index (χ0n) is 9.57. The molecule has 0 bridgehead atoms. The highest BCUT2D eigenvalue weighted by atomic mass is 79.9. The Kier molecular flexibility index (Phi) is 3.28. The fourth-order valence-electron chi connectivity index (χ4n) is 2.82. The first-order valence-corrected chi connectivity index (χ1v) is 7.21. The van der Waals surface area contributed by atoms with Crippen LogP contribution in [-0.4, -0.2) is 42.1 Å². The van der Waals surface area contributed by atoms with Crippen LogP contribution in [0.15, 0.2) is 16.7 Å². The molecule has 0 saturated carbocycles. The average Bonchev–Trinajstić information content (AvgIpc) is 2.75. The average molecular weight is 317 g/mol. The van der Waals surface area contributed by atoms with E-state index in [1.807, 2.05) is 6.07 Å². The quantitative estimate of drug-likeness (QED) is 0.794. The standard InChI is InChI=1S/C12H15BrClN3/c13-11-6-9(14)7-15-12(11)17-5-4-16-3-1-2-10(16)8-17/h6-7,10H,1-5,8H2. The van der Waals surface area contributed by atoms with Crippen LogP contribution in [0.2, 0.25) is 5.02 Å². The molecule has 3 heterocycles. The largest absolute Gasteiger partial charge is 0.353 e. The van der Waals surface area contributed by atoms with Gasteiger partial charge in [0.25, 0.3) is 0 Å². The maximum atomic E-state index is 5.93. The number of rotatable bonds is 1. The predicted octanol–water partition coefficient (Wildman–Crippen LogP) is 2.78. The van der Waals surface area contributed by atoms with E-state index >= 15 is 0 Å². The van der Waals surface area contributed by atoms with Crippen molar-refractivity contribution in [1.82, 2.24) is 9.88 Å². The first-order valence-electron chi connectivity index (χ1n) is 6.04. The Labute approximate surface area is 115 Å². The molecule has 17 heavy (non-hydrogen) atoms. The molecule has 1 aromatic heterocycles. The highest BCUT2D eigenvalue weighted by Crippen LogP contribution is 2.30. The van der Waals surface area contributed by atoms with Crippen molar-refractivity contribution in [2.24, 2.45) is 0 Å². The first-order chi connectivity index (χ1) is 8.24. The third-order valence-corrected chi connectivity index (χ3v) is 4.47. The molecule has 2 fully saturated rings. The second-order valence-electron chi connectivity index (χ2n) is 4.74. The minimum absolute atomic E-state index is 0.681. The van der Waals surface area contributed by atoms with Crippen molar-refractivity contribution in [2.75, 3.05) is 31.1 Å². The summed E-state index contributed by atoms with van der Waals surface area (Å²) in [6.07, 6.45) is 4.39. The van der Waals surface area contributed by atoms with Crippen LogP contribution >= 0.6 is 27.5 Å². The molecule has 92 valence electrons. The molecule has 1 aromatic rings. The Morgan fingerprint density at radius 2 is 2.24 bits per heavy atom. The summed E-state index contributed by atoms with van der Waals surface area (Å²) in [6.45, 7) is 4.58. The van der Waals surface area contributed by atoms with Gasteiger partial charge < -0.3 is 4.90 Å². The first kappa shape index (κ1) is 11.8. The van der Waals surface area contributed by atoms with E-state index < -0.39 is 0 Å². The van der Waals surface area contributed by atoms with Gasteiger partial charge in [-0.15, -0.1) is 0 Å². The second kappa shape index (κ2) is 4.75. The van der Waals surface area contributed by atoms with Crippen molar-refractivity contribution in [3.8, 4) is 0 Å². The van der Waals surface area contributed by atoms with Crippen LogP contribution in [0.3, 0.4) is 0 Å². The molecule has 0 aromatic carbocycles. The van der Waals surface area contributed by atoms with E-state index in [1.165, 1.54) is 19.4 Å². The molecule has 3 nitrogen and oxygen atoms in total. The number of aromatic nitrogens is 1. The molecular formula is C12H15BrClN3. The number of anilines is 1. The van der Waals surface area contributed by atoms with Gasteiger partial charge in [-0.05, 0) is 41.4 Å². The molecule has 0 N–H and O–H groups in total. The van der Waals surface area contributed by atoms with Gasteiger partial charge in [-0.1, -0.05) is 11.6 Å². The van der Waals surface area contributed by atoms with Crippen molar-refractivity contribution in [3.63, 3.8) is 0 Å². The lowest BCUT2D eigenvalue weighted by Gasteiger charge is -2.38. The number of halogens is 2. The SMILES string of the molecule is Clc1cnc(N2CCN3CCCC3C2)c(Br)c1. The van der Waals surface area contributed by atoms with Crippen molar-refractivity contribution in [3.05, 3.63) is 21.8 Å². The van der Waals surface area contributed by atoms with Crippen LogP contribution in [-0.2, 0) is 0 Å². The molecule has 0 spiro atoms. The summed E-state index contributed by atoms with van der Waals surface area (Å²) in [5, 5.41) is 0.681. The molecule has 0 amide bonds. The van der Waals surface area contributed by atoms with Gasteiger partial charge in [0.05, 0.1) is 9.50 Å². The lowest BCUT2D eigenvalue weighted by Crippen LogP contribution is -2.50. The summed E-state index contributed by atoms with van der Waals surface area (Å²) >= 11 is 9.48. The maximum Gasteiger partial charge on any atom is 0.143 e. The number of piperazine rings is 1. The van der Waals surface area contributed by atoms with Gasteiger partial charge in [-0.25, -0.2) is 4.98 Å². The monoisotopic (exact) mass is 315 g/mol. The smallest absolute Gasteiger partial charge is 0.143 e. The number of pyridine rings is 1. The molecule has 2 aliphatic heterocycles. The predicted molar refractivity (Wildman–Crippen MR) is 73.8 cm³/mol. The molecule has 2 aliphatic rings. The van der Waals surface area contributed by atoms with Crippen LogP contribution in [0.4, 0.5) is 5.82 Å². The molecule has 1 atom stereocenters. The highest BCUT2D eigenvalue weighted by Gasteiger charge is 2.31. The molecule has 0 aliphatic carbocycles. The zero-order valence-corrected chi connectivity index (χ0v) is 11.9. The number of hydrogen-bond donors (Lipinski definition) is 0. The van der Waals surface area contributed by atoms with Crippen LogP contribution in [0.1, 0.15) is 12.8 Å². The fraction of sp³-hybridized carbons (Fsp3) is 0.583. The number of hydrogen-bond acceptors (Lipinski definition) is 3. The summed E-state index contributed by atoms with van der Waals surface area (Å²) in [7, 11) is 0. The van der Waals surface area contributed by atoms with Gasteiger partial charge >= 0.3 is 0 Å². The van der Waals surface area contributed by atoms with Crippen LogP contribution in [0.25, 0.3) is 0 Å². The lowest BCUT2D eigenvalue weighted by molar-refractivity contribution is 0.230. The van der Waals surface area contributed by atoms with E-state index in [0.29, 0.717) is 11.1 Å². The van der Waals surface area contributed by atoms with Gasteiger partial charge in [0.1, 0.15) is 5.82 Å². The Morgan fingerprint density at radius 1 is 1.35 bits per heavy atom. The van der Waals surface area contributed by atoms with E-state index in [4.69, 9.17) is 11.6 Å². The van der Waals surface area contributed by atoms with E-state index in [1.54, 1.807) is 6.20 Å². The number of fused-ring (bicyclic) bond motifs is 1. The molecule has 0 radical (unpaired) electrons. The molecule has 1 unspecified atom stereocenters. The minimum Gasteiger partial charge on any atom is -0.353 e. The molecule has 2 saturated heterocycles. The molecule has 3 rings (SSSR count). The topological polar surface area (TPSA) is 19.4 Å². The van der Waals surface area contributed by atoms with Crippen LogP contribution in [0.5, 0.6) is 0 Å².